The Hall–Kier alpha value is -3.92. The van der Waals surface area contributed by atoms with E-state index in [1.807, 2.05) is 24.3 Å². The molecule has 4 nitrogen and oxygen atoms in total. The summed E-state index contributed by atoms with van der Waals surface area (Å²) in [5.74, 6) is 1.79. The number of anilines is 4. The van der Waals surface area contributed by atoms with Crippen molar-refractivity contribution in [3.05, 3.63) is 83.9 Å². The molecule has 1 aliphatic rings. The summed E-state index contributed by atoms with van der Waals surface area (Å²) in [6.45, 7) is 4.26. The van der Waals surface area contributed by atoms with E-state index in [4.69, 9.17) is 9.47 Å². The van der Waals surface area contributed by atoms with Crippen molar-refractivity contribution in [2.45, 2.75) is 13.8 Å². The Balaban J connectivity index is 1.62. The maximum Gasteiger partial charge on any atom is 0.126 e. The molecule has 0 aromatic heterocycles. The molecule has 0 spiro atoms. The van der Waals surface area contributed by atoms with E-state index < -0.39 is 0 Å². The molecule has 34 heavy (non-hydrogen) atoms. The molecule has 172 valence electrons. The highest BCUT2D eigenvalue weighted by molar-refractivity contribution is 5.96. The van der Waals surface area contributed by atoms with Crippen molar-refractivity contribution in [3.8, 4) is 33.8 Å². The average molecular weight is 451 g/mol. The van der Waals surface area contributed by atoms with Crippen molar-refractivity contribution in [2.75, 3.05) is 38.1 Å². The van der Waals surface area contributed by atoms with Crippen LogP contribution < -0.4 is 19.3 Å². The molecule has 0 aliphatic carbocycles. The number of fused-ring (bicyclic) bond motifs is 2. The number of nitrogens with zero attached hydrogens (tertiary/aromatic N) is 2. The van der Waals surface area contributed by atoms with Gasteiger partial charge in [-0.3, -0.25) is 0 Å². The third-order valence-corrected chi connectivity index (χ3v) is 6.88. The number of benzene rings is 4. The van der Waals surface area contributed by atoms with Crippen LogP contribution in [0.25, 0.3) is 22.3 Å². The van der Waals surface area contributed by atoms with Gasteiger partial charge in [0.15, 0.2) is 0 Å². The molecule has 5 rings (SSSR count). The quantitative estimate of drug-likeness (QED) is 0.321. The number of methoxy groups -OCH3 is 2. The molecule has 0 atom stereocenters. The van der Waals surface area contributed by atoms with Gasteiger partial charge in [-0.15, -0.1) is 0 Å². The summed E-state index contributed by atoms with van der Waals surface area (Å²) in [5.41, 5.74) is 11.6. The van der Waals surface area contributed by atoms with Crippen LogP contribution in [0.4, 0.5) is 22.7 Å². The fourth-order valence-electron chi connectivity index (χ4n) is 5.08. The predicted molar refractivity (Wildman–Crippen MR) is 142 cm³/mol. The van der Waals surface area contributed by atoms with Crippen molar-refractivity contribution in [1.82, 2.24) is 0 Å². The van der Waals surface area contributed by atoms with Crippen LogP contribution in [0.5, 0.6) is 11.5 Å². The highest BCUT2D eigenvalue weighted by Crippen LogP contribution is 2.50. The first-order valence-electron chi connectivity index (χ1n) is 11.5. The van der Waals surface area contributed by atoms with Crippen LogP contribution in [0.3, 0.4) is 0 Å². The van der Waals surface area contributed by atoms with Crippen molar-refractivity contribution in [1.29, 1.82) is 0 Å². The molecule has 0 saturated carbocycles. The van der Waals surface area contributed by atoms with Crippen LogP contribution in [0.2, 0.25) is 0 Å². The SMILES string of the molecule is COc1cccc(C)c1-c1ccc2c(c1)N(C)c1ccc(-c3c(C)cccc3OC)cc1N2C. The maximum absolute atomic E-state index is 5.68. The third kappa shape index (κ3) is 3.38. The minimum atomic E-state index is 0.893. The van der Waals surface area contributed by atoms with Gasteiger partial charge >= 0.3 is 0 Å². The molecule has 0 bridgehead atoms. The van der Waals surface area contributed by atoms with Gasteiger partial charge < -0.3 is 19.3 Å². The molecular formula is C30H30N2O2. The van der Waals surface area contributed by atoms with Crippen LogP contribution in [0.1, 0.15) is 11.1 Å². The van der Waals surface area contributed by atoms with Gasteiger partial charge in [0.25, 0.3) is 0 Å². The van der Waals surface area contributed by atoms with Gasteiger partial charge in [-0.2, -0.15) is 0 Å². The normalized spacial score (nSPS) is 12.3. The zero-order valence-corrected chi connectivity index (χ0v) is 20.6. The Morgan fingerprint density at radius 3 is 1.32 bits per heavy atom. The van der Waals surface area contributed by atoms with Crippen LogP contribution in [0.15, 0.2) is 72.8 Å². The van der Waals surface area contributed by atoms with Crippen molar-refractivity contribution in [3.63, 3.8) is 0 Å². The molecule has 0 unspecified atom stereocenters. The van der Waals surface area contributed by atoms with Gasteiger partial charge in [0.1, 0.15) is 11.5 Å². The molecule has 0 saturated heterocycles. The third-order valence-electron chi connectivity index (χ3n) is 6.88. The lowest BCUT2D eigenvalue weighted by atomic mass is 9.95. The first kappa shape index (κ1) is 21.9. The minimum Gasteiger partial charge on any atom is -0.496 e. The van der Waals surface area contributed by atoms with E-state index in [0.29, 0.717) is 0 Å². The zero-order chi connectivity index (χ0) is 24.0. The Morgan fingerprint density at radius 2 is 0.941 bits per heavy atom. The second kappa shape index (κ2) is 8.45. The predicted octanol–water partition coefficient (Wildman–Crippen LogP) is 7.50. The highest BCUT2D eigenvalue weighted by Gasteiger charge is 2.26. The topological polar surface area (TPSA) is 24.9 Å². The van der Waals surface area contributed by atoms with Gasteiger partial charge in [0, 0.05) is 25.2 Å². The lowest BCUT2D eigenvalue weighted by Crippen LogP contribution is -2.24. The maximum atomic E-state index is 5.68. The minimum absolute atomic E-state index is 0.893. The van der Waals surface area contributed by atoms with E-state index in [1.165, 1.54) is 33.9 Å². The summed E-state index contributed by atoms with van der Waals surface area (Å²) in [5, 5.41) is 0. The summed E-state index contributed by atoms with van der Waals surface area (Å²) in [6.07, 6.45) is 0. The number of rotatable bonds is 4. The molecule has 0 fully saturated rings. The van der Waals surface area contributed by atoms with Gasteiger partial charge in [0.2, 0.25) is 0 Å². The Bertz CT molecular complexity index is 1290. The molecule has 4 aromatic rings. The lowest BCUT2D eigenvalue weighted by molar-refractivity contribution is 0.416. The summed E-state index contributed by atoms with van der Waals surface area (Å²) in [7, 11) is 7.73. The van der Waals surface area contributed by atoms with Gasteiger partial charge in [-0.05, 0) is 72.5 Å². The van der Waals surface area contributed by atoms with Gasteiger partial charge in [0.05, 0.1) is 37.0 Å². The van der Waals surface area contributed by atoms with Crippen LogP contribution in [0, 0.1) is 13.8 Å². The Morgan fingerprint density at radius 1 is 0.529 bits per heavy atom. The van der Waals surface area contributed by atoms with Crippen LogP contribution in [-0.2, 0) is 0 Å². The molecule has 0 amide bonds. The van der Waals surface area contributed by atoms with Crippen LogP contribution in [-0.4, -0.2) is 28.3 Å². The van der Waals surface area contributed by atoms with E-state index >= 15 is 0 Å². The largest absolute Gasteiger partial charge is 0.496 e. The molecule has 1 heterocycles. The molecule has 4 aromatic carbocycles. The van der Waals surface area contributed by atoms with Gasteiger partial charge in [-0.1, -0.05) is 36.4 Å². The van der Waals surface area contributed by atoms with Crippen molar-refractivity contribution < 1.29 is 9.47 Å². The van der Waals surface area contributed by atoms with Crippen LogP contribution >= 0.6 is 0 Å². The standard InChI is InChI=1S/C30H30N2O2/c1-19-9-7-11-27(33-5)29(19)21-13-15-23-25(17-21)31(3)24-16-14-22(18-26(24)32(23)4)30-20(2)10-8-12-28(30)34-6/h7-18H,1-6H3. The molecule has 0 radical (unpaired) electrons. The molecular weight excluding hydrogens is 420 g/mol. The lowest BCUT2D eigenvalue weighted by Gasteiger charge is -2.37. The molecule has 1 aliphatic heterocycles. The fourth-order valence-corrected chi connectivity index (χ4v) is 5.08. The average Bonchev–Trinajstić information content (AvgIpc) is 2.86. The number of aryl methyl sites for hydroxylation is 2. The molecule has 0 N–H and O–H groups in total. The summed E-state index contributed by atoms with van der Waals surface area (Å²) >= 11 is 0. The number of hydrogen-bond acceptors (Lipinski definition) is 4. The van der Waals surface area contributed by atoms with Gasteiger partial charge in [-0.25, -0.2) is 0 Å². The first-order chi connectivity index (χ1) is 16.4. The highest BCUT2D eigenvalue weighted by atomic mass is 16.5. The van der Waals surface area contributed by atoms with E-state index in [2.05, 4.69) is 86.3 Å². The number of ether oxygens (including phenoxy) is 2. The van der Waals surface area contributed by atoms with E-state index in [9.17, 15) is 0 Å². The van der Waals surface area contributed by atoms with E-state index in [1.54, 1.807) is 14.2 Å². The Kier molecular flexibility index (Phi) is 5.45. The van der Waals surface area contributed by atoms with E-state index in [0.717, 1.165) is 33.8 Å². The van der Waals surface area contributed by atoms with Crippen molar-refractivity contribution in [2.24, 2.45) is 0 Å². The van der Waals surface area contributed by atoms with E-state index in [-0.39, 0.29) is 0 Å². The summed E-state index contributed by atoms with van der Waals surface area (Å²) in [4.78, 5) is 4.55. The zero-order valence-electron chi connectivity index (χ0n) is 20.6. The molecule has 4 heteroatoms. The monoisotopic (exact) mass is 450 g/mol. The first-order valence-corrected chi connectivity index (χ1v) is 11.5. The van der Waals surface area contributed by atoms with Crippen molar-refractivity contribution >= 4 is 22.7 Å². The Labute approximate surface area is 202 Å². The number of hydrogen-bond donors (Lipinski definition) is 0. The second-order valence-electron chi connectivity index (χ2n) is 8.83. The fraction of sp³-hybridized carbons (Fsp3) is 0.200. The summed E-state index contributed by atoms with van der Waals surface area (Å²) < 4.78 is 11.4. The summed E-state index contributed by atoms with van der Waals surface area (Å²) in [6, 6.07) is 25.7. The second-order valence-corrected chi connectivity index (χ2v) is 8.83. The smallest absolute Gasteiger partial charge is 0.126 e.